The maximum Gasteiger partial charge on any atom is 0.317 e. The zero-order valence-electron chi connectivity index (χ0n) is 15.1. The van der Waals surface area contributed by atoms with Gasteiger partial charge in [-0.2, -0.15) is 0 Å². The van der Waals surface area contributed by atoms with Crippen LogP contribution in [0.3, 0.4) is 0 Å². The maximum atomic E-state index is 12.4. The average Bonchev–Trinajstić information content (AvgIpc) is 3.22. The molecule has 1 aromatic heterocycles. The molecule has 2 aliphatic heterocycles. The van der Waals surface area contributed by atoms with Gasteiger partial charge in [-0.15, -0.1) is 0 Å². The molecule has 138 valence electrons. The van der Waals surface area contributed by atoms with Crippen LogP contribution in [0.5, 0.6) is 0 Å². The summed E-state index contributed by atoms with van der Waals surface area (Å²) in [5, 5.41) is 7.08. The van der Waals surface area contributed by atoms with Crippen molar-refractivity contribution in [3.63, 3.8) is 0 Å². The van der Waals surface area contributed by atoms with E-state index in [0.717, 1.165) is 63.3 Å². The lowest BCUT2D eigenvalue weighted by Gasteiger charge is -2.34. The fourth-order valence-corrected chi connectivity index (χ4v) is 3.96. The number of aryl methyl sites for hydroxylation is 1. The first-order valence-corrected chi connectivity index (χ1v) is 9.59. The third kappa shape index (κ3) is 4.33. The Balaban J connectivity index is 1.15. The van der Waals surface area contributed by atoms with Crippen molar-refractivity contribution < 1.29 is 9.32 Å². The van der Waals surface area contributed by atoms with Gasteiger partial charge in [-0.25, -0.2) is 4.79 Å². The fraction of sp³-hybridized carbons (Fsp3) is 0.778. The quantitative estimate of drug-likeness (QED) is 0.870. The van der Waals surface area contributed by atoms with Crippen molar-refractivity contribution in [1.82, 2.24) is 25.2 Å². The minimum Gasteiger partial charge on any atom is -0.360 e. The van der Waals surface area contributed by atoms with E-state index < -0.39 is 0 Å². The zero-order chi connectivity index (χ0) is 17.2. The Morgan fingerprint density at radius 3 is 2.72 bits per heavy atom. The second-order valence-electron chi connectivity index (χ2n) is 7.76. The first-order valence-electron chi connectivity index (χ1n) is 9.59. The molecule has 25 heavy (non-hydrogen) atoms. The van der Waals surface area contributed by atoms with Gasteiger partial charge >= 0.3 is 6.03 Å². The number of carbonyl (C=O) groups excluding carboxylic acids is 1. The van der Waals surface area contributed by atoms with Crippen molar-refractivity contribution in [1.29, 1.82) is 0 Å². The van der Waals surface area contributed by atoms with E-state index in [1.807, 2.05) is 17.9 Å². The van der Waals surface area contributed by atoms with Crippen LogP contribution in [0.1, 0.15) is 30.7 Å². The molecule has 4 rings (SSSR count). The van der Waals surface area contributed by atoms with Crippen LogP contribution in [-0.4, -0.2) is 77.7 Å². The minimum absolute atomic E-state index is 0.0973. The van der Waals surface area contributed by atoms with Crippen molar-refractivity contribution in [3.05, 3.63) is 17.5 Å². The zero-order valence-corrected chi connectivity index (χ0v) is 15.1. The Morgan fingerprint density at radius 2 is 2.04 bits per heavy atom. The molecule has 0 aromatic carbocycles. The number of nitrogens with one attached hydrogen (secondary N) is 1. The lowest BCUT2D eigenvalue weighted by Crippen LogP contribution is -2.52. The summed E-state index contributed by atoms with van der Waals surface area (Å²) in [5.41, 5.74) is 0.917. The first kappa shape index (κ1) is 16.8. The predicted molar refractivity (Wildman–Crippen MR) is 94.2 cm³/mol. The largest absolute Gasteiger partial charge is 0.360 e. The highest BCUT2D eigenvalue weighted by atomic mass is 16.5. The highest BCUT2D eigenvalue weighted by molar-refractivity contribution is 5.74. The molecule has 0 spiro atoms. The van der Waals surface area contributed by atoms with E-state index in [9.17, 15) is 4.79 Å². The van der Waals surface area contributed by atoms with E-state index in [-0.39, 0.29) is 6.03 Å². The molecule has 0 bridgehead atoms. The van der Waals surface area contributed by atoms with Gasteiger partial charge in [-0.1, -0.05) is 5.16 Å². The summed E-state index contributed by atoms with van der Waals surface area (Å²) >= 11 is 0. The van der Waals surface area contributed by atoms with Gasteiger partial charge in [0, 0.05) is 51.4 Å². The van der Waals surface area contributed by atoms with E-state index >= 15 is 0 Å². The topological polar surface area (TPSA) is 64.8 Å². The van der Waals surface area contributed by atoms with Crippen molar-refractivity contribution in [2.75, 3.05) is 45.8 Å². The van der Waals surface area contributed by atoms with Crippen LogP contribution < -0.4 is 5.32 Å². The number of carbonyl (C=O) groups is 1. The van der Waals surface area contributed by atoms with Crippen molar-refractivity contribution in [3.8, 4) is 0 Å². The van der Waals surface area contributed by atoms with Crippen molar-refractivity contribution in [2.45, 2.75) is 38.8 Å². The third-order valence-electron chi connectivity index (χ3n) is 5.64. The smallest absolute Gasteiger partial charge is 0.317 e. The summed E-state index contributed by atoms with van der Waals surface area (Å²) < 4.78 is 5.28. The number of nitrogens with zero attached hydrogens (tertiary/aromatic N) is 4. The van der Waals surface area contributed by atoms with Crippen molar-refractivity contribution >= 4 is 6.03 Å². The molecule has 2 amide bonds. The number of aromatic nitrogens is 1. The molecule has 2 saturated heterocycles. The Hall–Kier alpha value is -1.60. The van der Waals surface area contributed by atoms with Crippen LogP contribution in [0.25, 0.3) is 0 Å². The highest BCUT2D eigenvalue weighted by Crippen LogP contribution is 2.31. The minimum atomic E-state index is 0.0973. The molecule has 1 atom stereocenters. The summed E-state index contributed by atoms with van der Waals surface area (Å²) in [6.07, 6.45) is 3.97. The van der Waals surface area contributed by atoms with Gasteiger partial charge in [0.1, 0.15) is 0 Å². The van der Waals surface area contributed by atoms with Crippen LogP contribution in [0.4, 0.5) is 4.79 Å². The first-order chi connectivity index (χ1) is 12.2. The van der Waals surface area contributed by atoms with Crippen LogP contribution in [-0.2, 0) is 6.54 Å². The molecular formula is C18H29N5O2. The molecule has 3 fully saturated rings. The number of amides is 2. The average molecular weight is 347 g/mol. The highest BCUT2D eigenvalue weighted by Gasteiger charge is 2.34. The summed E-state index contributed by atoms with van der Waals surface area (Å²) in [6.45, 7) is 9.21. The SMILES string of the molecule is Cc1cc(CN2CCN(C(=O)NCC3CCN(C4CC4)C3)CC2)on1. The Labute approximate surface area is 149 Å². The number of hydrogen-bond donors (Lipinski definition) is 1. The molecule has 1 aliphatic carbocycles. The monoisotopic (exact) mass is 347 g/mol. The molecule has 7 nitrogen and oxygen atoms in total. The summed E-state index contributed by atoms with van der Waals surface area (Å²) in [5.74, 6) is 1.53. The third-order valence-corrected chi connectivity index (χ3v) is 5.64. The molecule has 3 heterocycles. The molecule has 1 aromatic rings. The predicted octanol–water partition coefficient (Wildman–Crippen LogP) is 1.29. The number of piperazine rings is 1. The number of hydrogen-bond acceptors (Lipinski definition) is 5. The number of urea groups is 1. The Bertz CT molecular complexity index is 592. The van der Waals surface area contributed by atoms with Gasteiger partial charge < -0.3 is 19.6 Å². The van der Waals surface area contributed by atoms with E-state index in [1.165, 1.54) is 25.8 Å². The molecule has 0 radical (unpaired) electrons. The van der Waals surface area contributed by atoms with E-state index in [2.05, 4.69) is 20.3 Å². The van der Waals surface area contributed by atoms with Gasteiger partial charge in [0.2, 0.25) is 0 Å². The van der Waals surface area contributed by atoms with Crippen LogP contribution in [0.15, 0.2) is 10.6 Å². The molecule has 1 unspecified atom stereocenters. The second-order valence-corrected chi connectivity index (χ2v) is 7.76. The molecule has 3 aliphatic rings. The molecule has 7 heteroatoms. The lowest BCUT2D eigenvalue weighted by atomic mass is 10.1. The van der Waals surface area contributed by atoms with Gasteiger partial charge in [0.15, 0.2) is 5.76 Å². The van der Waals surface area contributed by atoms with E-state index in [1.54, 1.807) is 0 Å². The molecule has 1 N–H and O–H groups in total. The van der Waals surface area contributed by atoms with E-state index in [0.29, 0.717) is 5.92 Å². The maximum absolute atomic E-state index is 12.4. The van der Waals surface area contributed by atoms with Gasteiger partial charge in [-0.05, 0) is 38.6 Å². The normalized spacial score (nSPS) is 25.5. The van der Waals surface area contributed by atoms with Crippen LogP contribution >= 0.6 is 0 Å². The van der Waals surface area contributed by atoms with Gasteiger partial charge in [0.25, 0.3) is 0 Å². The summed E-state index contributed by atoms with van der Waals surface area (Å²) in [7, 11) is 0. The van der Waals surface area contributed by atoms with Crippen LogP contribution in [0, 0.1) is 12.8 Å². The Morgan fingerprint density at radius 1 is 1.24 bits per heavy atom. The Kier molecular flexibility index (Phi) is 4.94. The van der Waals surface area contributed by atoms with Crippen molar-refractivity contribution in [2.24, 2.45) is 5.92 Å². The lowest BCUT2D eigenvalue weighted by molar-refractivity contribution is 0.127. The van der Waals surface area contributed by atoms with E-state index in [4.69, 9.17) is 4.52 Å². The molecule has 1 saturated carbocycles. The number of likely N-dealkylation sites (tertiary alicyclic amines) is 1. The van der Waals surface area contributed by atoms with Gasteiger partial charge in [0.05, 0.1) is 12.2 Å². The summed E-state index contributed by atoms with van der Waals surface area (Å²) in [4.78, 5) is 19.3. The van der Waals surface area contributed by atoms with Gasteiger partial charge in [-0.3, -0.25) is 4.90 Å². The summed E-state index contributed by atoms with van der Waals surface area (Å²) in [6, 6.07) is 2.92. The van der Waals surface area contributed by atoms with Crippen LogP contribution in [0.2, 0.25) is 0 Å². The number of rotatable bonds is 5. The second kappa shape index (κ2) is 7.33. The fourth-order valence-electron chi connectivity index (χ4n) is 3.96. The standard InChI is InChI=1S/C18H29N5O2/c1-14-10-17(25-20-14)13-21-6-8-22(9-7-21)18(24)19-11-15-4-5-23(12-15)16-2-3-16/h10,15-16H,2-9,11-13H2,1H3,(H,19,24). The molecular weight excluding hydrogens is 318 g/mol.